The van der Waals surface area contributed by atoms with E-state index in [4.69, 9.17) is 0 Å². The predicted octanol–water partition coefficient (Wildman–Crippen LogP) is 2.05. The fraction of sp³-hybridized carbons (Fsp3) is 0.231. The van der Waals surface area contributed by atoms with Crippen molar-refractivity contribution in [1.82, 2.24) is 20.3 Å². The third kappa shape index (κ3) is 3.86. The van der Waals surface area contributed by atoms with Crippen LogP contribution in [0.2, 0.25) is 19.6 Å². The molecule has 0 spiro atoms. The lowest BCUT2D eigenvalue weighted by molar-refractivity contribution is 0.698. The van der Waals surface area contributed by atoms with E-state index in [1.54, 1.807) is 6.21 Å². The van der Waals surface area contributed by atoms with Crippen LogP contribution in [0.15, 0.2) is 35.4 Å². The van der Waals surface area contributed by atoms with Crippen molar-refractivity contribution in [1.29, 1.82) is 0 Å². The average molecular weight is 269 g/mol. The van der Waals surface area contributed by atoms with E-state index in [9.17, 15) is 0 Å². The van der Waals surface area contributed by atoms with E-state index in [0.29, 0.717) is 5.82 Å². The summed E-state index contributed by atoms with van der Waals surface area (Å²) in [5.74, 6) is 3.55. The minimum absolute atomic E-state index is 0.603. The molecule has 0 amide bonds. The van der Waals surface area contributed by atoms with Gasteiger partial charge in [-0.1, -0.05) is 55.9 Å². The molecule has 1 heterocycles. The van der Waals surface area contributed by atoms with Gasteiger partial charge >= 0.3 is 0 Å². The second-order valence-corrected chi connectivity index (χ2v) is 9.77. The average Bonchev–Trinajstić information content (AvgIpc) is 2.83. The molecule has 96 valence electrons. The number of rotatable bonds is 2. The molecule has 2 aromatic rings. The first-order valence-corrected chi connectivity index (χ1v) is 9.45. The second kappa shape index (κ2) is 5.59. The highest BCUT2D eigenvalue weighted by molar-refractivity contribution is 6.84. The van der Waals surface area contributed by atoms with Gasteiger partial charge in [0.05, 0.1) is 6.21 Å². The van der Waals surface area contributed by atoms with Crippen molar-refractivity contribution in [3.05, 3.63) is 30.3 Å². The van der Waals surface area contributed by atoms with E-state index in [-0.39, 0.29) is 0 Å². The van der Waals surface area contributed by atoms with Gasteiger partial charge in [-0.2, -0.15) is 0 Å². The van der Waals surface area contributed by atoms with Crippen molar-refractivity contribution in [2.75, 3.05) is 0 Å². The zero-order valence-corrected chi connectivity index (χ0v) is 12.2. The highest BCUT2D eigenvalue weighted by Crippen LogP contribution is 2.13. The van der Waals surface area contributed by atoms with E-state index >= 15 is 0 Å². The van der Waals surface area contributed by atoms with Crippen LogP contribution >= 0.6 is 0 Å². The highest BCUT2D eigenvalue weighted by atomic mass is 28.3. The van der Waals surface area contributed by atoms with Crippen LogP contribution in [-0.4, -0.2) is 34.6 Å². The molecule has 0 bridgehead atoms. The number of benzene rings is 1. The number of nitrogens with zero attached hydrogens (tertiary/aromatic N) is 5. The van der Waals surface area contributed by atoms with Gasteiger partial charge in [0.2, 0.25) is 5.82 Å². The van der Waals surface area contributed by atoms with Gasteiger partial charge in [-0.3, -0.25) is 0 Å². The summed E-state index contributed by atoms with van der Waals surface area (Å²) in [6, 6.07) is 9.68. The Kier molecular flexibility index (Phi) is 3.87. The lowest BCUT2D eigenvalue weighted by atomic mass is 10.2. The largest absolute Gasteiger partial charge is 0.207 e. The summed E-state index contributed by atoms with van der Waals surface area (Å²) < 4.78 is 0. The van der Waals surface area contributed by atoms with E-state index in [2.05, 4.69) is 51.7 Å². The number of aromatic nitrogens is 4. The molecule has 0 N–H and O–H groups in total. The van der Waals surface area contributed by atoms with Crippen molar-refractivity contribution >= 4 is 14.3 Å². The Morgan fingerprint density at radius 2 is 1.95 bits per heavy atom. The molecule has 5 nitrogen and oxygen atoms in total. The molecular weight excluding hydrogens is 254 g/mol. The summed E-state index contributed by atoms with van der Waals surface area (Å²) in [6.07, 6.45) is 1.54. The van der Waals surface area contributed by atoms with Gasteiger partial charge in [0.25, 0.3) is 0 Å². The number of hydrogen-bond donors (Lipinski definition) is 0. The Labute approximate surface area is 113 Å². The minimum Gasteiger partial charge on any atom is -0.146 e. The van der Waals surface area contributed by atoms with E-state index in [1.807, 2.05) is 30.3 Å². The van der Waals surface area contributed by atoms with Crippen LogP contribution in [0, 0.1) is 11.5 Å². The molecule has 2 rings (SSSR count). The van der Waals surface area contributed by atoms with Crippen molar-refractivity contribution in [3.63, 3.8) is 0 Å². The van der Waals surface area contributed by atoms with Gasteiger partial charge in [0.1, 0.15) is 8.07 Å². The van der Waals surface area contributed by atoms with Crippen LogP contribution in [0.1, 0.15) is 0 Å². The first-order chi connectivity index (χ1) is 9.06. The van der Waals surface area contributed by atoms with Crippen LogP contribution in [-0.2, 0) is 0 Å². The second-order valence-electron chi connectivity index (χ2n) is 5.02. The smallest absolute Gasteiger partial charge is 0.146 e. The lowest BCUT2D eigenvalue weighted by Crippen LogP contribution is -2.16. The molecule has 1 aromatic carbocycles. The highest BCUT2D eigenvalue weighted by Gasteiger charge is 2.07. The lowest BCUT2D eigenvalue weighted by Gasteiger charge is -2.02. The maximum absolute atomic E-state index is 4.15. The van der Waals surface area contributed by atoms with Crippen molar-refractivity contribution in [2.45, 2.75) is 19.6 Å². The zero-order valence-electron chi connectivity index (χ0n) is 11.2. The summed E-state index contributed by atoms with van der Waals surface area (Å²) in [6.45, 7) is 6.54. The fourth-order valence-electron chi connectivity index (χ4n) is 1.35. The van der Waals surface area contributed by atoms with Crippen LogP contribution in [0.25, 0.3) is 11.4 Å². The fourth-order valence-corrected chi connectivity index (χ4v) is 1.85. The van der Waals surface area contributed by atoms with Gasteiger partial charge in [0, 0.05) is 5.56 Å². The van der Waals surface area contributed by atoms with Gasteiger partial charge in [-0.25, -0.2) is 0 Å². The summed E-state index contributed by atoms with van der Waals surface area (Å²) >= 11 is 0. The van der Waals surface area contributed by atoms with Gasteiger partial charge in [-0.15, -0.1) is 20.5 Å². The molecule has 0 atom stereocenters. The van der Waals surface area contributed by atoms with Gasteiger partial charge in [-0.05, 0) is 10.4 Å². The van der Waals surface area contributed by atoms with Crippen LogP contribution < -0.4 is 0 Å². The minimum atomic E-state index is -1.37. The zero-order chi connectivity index (χ0) is 13.7. The summed E-state index contributed by atoms with van der Waals surface area (Å²) in [4.78, 5) is 1.38. The predicted molar refractivity (Wildman–Crippen MR) is 78.3 cm³/mol. The summed E-state index contributed by atoms with van der Waals surface area (Å²) in [5.41, 5.74) is 4.12. The molecule has 0 unspecified atom stereocenters. The van der Waals surface area contributed by atoms with E-state index in [0.717, 1.165) is 5.56 Å². The summed E-state index contributed by atoms with van der Waals surface area (Å²) in [7, 11) is -1.37. The molecule has 0 aliphatic rings. The molecular formula is C13H15N5Si. The number of tetrazole rings is 1. The topological polar surface area (TPSA) is 56.0 Å². The first kappa shape index (κ1) is 13.2. The van der Waals surface area contributed by atoms with E-state index in [1.165, 1.54) is 4.79 Å². The molecule has 0 radical (unpaired) electrons. The van der Waals surface area contributed by atoms with E-state index < -0.39 is 8.07 Å². The Bertz CT molecular complexity index is 628. The van der Waals surface area contributed by atoms with Crippen molar-refractivity contribution in [2.24, 2.45) is 5.10 Å². The van der Waals surface area contributed by atoms with Crippen molar-refractivity contribution in [3.8, 4) is 22.9 Å². The SMILES string of the molecule is C[Si](C)(C)C#CC=Nn1nnnc1-c1ccccc1. The first-order valence-electron chi connectivity index (χ1n) is 5.95. The third-order valence-electron chi connectivity index (χ3n) is 2.16. The third-order valence-corrected chi connectivity index (χ3v) is 3.06. The Morgan fingerprint density at radius 1 is 1.21 bits per heavy atom. The van der Waals surface area contributed by atoms with Gasteiger partial charge in [0.15, 0.2) is 0 Å². The van der Waals surface area contributed by atoms with Crippen LogP contribution in [0.5, 0.6) is 0 Å². The maximum atomic E-state index is 4.15. The Balaban J connectivity index is 2.21. The Hall–Kier alpha value is -2.26. The molecule has 1 aromatic heterocycles. The van der Waals surface area contributed by atoms with Crippen molar-refractivity contribution < 1.29 is 0 Å². The molecule has 6 heteroatoms. The standard InChI is InChI=1S/C13H15N5Si/c1-19(2,3)11-7-10-14-18-13(15-16-17-18)12-8-5-4-6-9-12/h4-6,8-10H,1-3H3. The van der Waals surface area contributed by atoms with Gasteiger partial charge < -0.3 is 0 Å². The molecule has 0 saturated heterocycles. The monoisotopic (exact) mass is 269 g/mol. The molecule has 0 aliphatic carbocycles. The molecule has 0 saturated carbocycles. The van der Waals surface area contributed by atoms with Crippen LogP contribution in [0.4, 0.5) is 0 Å². The summed E-state index contributed by atoms with van der Waals surface area (Å²) in [5, 5.41) is 15.6. The number of hydrogen-bond acceptors (Lipinski definition) is 4. The van der Waals surface area contributed by atoms with Crippen LogP contribution in [0.3, 0.4) is 0 Å². The molecule has 0 aliphatic heterocycles. The Morgan fingerprint density at radius 3 is 2.63 bits per heavy atom. The molecule has 19 heavy (non-hydrogen) atoms. The normalized spacial score (nSPS) is 11.3. The molecule has 0 fully saturated rings. The maximum Gasteiger partial charge on any atom is 0.207 e. The quantitative estimate of drug-likeness (QED) is 0.476.